The van der Waals surface area contributed by atoms with E-state index in [2.05, 4.69) is 6.92 Å². The van der Waals surface area contributed by atoms with Gasteiger partial charge in [0.1, 0.15) is 0 Å². The Hall–Kier alpha value is -1.92. The number of aliphatic hydroxyl groups excluding tert-OH is 1. The number of unbranched alkanes of at least 4 members (excludes halogenated alkanes) is 3. The van der Waals surface area contributed by atoms with Crippen LogP contribution in [-0.4, -0.2) is 41.3 Å². The molecule has 1 aromatic carbocycles. The van der Waals surface area contributed by atoms with Crippen LogP contribution >= 0.6 is 0 Å². The molecule has 0 saturated carbocycles. The molecule has 1 aliphatic heterocycles. The fraction of sp³-hybridized carbons (Fsp3) is 0.652. The van der Waals surface area contributed by atoms with Crippen LogP contribution in [0.25, 0.3) is 0 Å². The molecule has 1 saturated heterocycles. The summed E-state index contributed by atoms with van der Waals surface area (Å²) < 4.78 is 5.75. The third-order valence-corrected chi connectivity index (χ3v) is 5.44. The lowest BCUT2D eigenvalue weighted by Gasteiger charge is -2.35. The molecule has 0 aliphatic carbocycles. The molecular formula is C23H35NO5. The number of piperidine rings is 1. The number of carboxylic acids is 1. The van der Waals surface area contributed by atoms with Crippen LogP contribution in [0.3, 0.4) is 0 Å². The van der Waals surface area contributed by atoms with Crippen molar-refractivity contribution in [1.82, 2.24) is 0 Å². The molecule has 0 bridgehead atoms. The molecule has 0 spiro atoms. The van der Waals surface area contributed by atoms with Gasteiger partial charge in [0, 0.05) is 25.1 Å². The number of carboxylic acid groups (broad SMARTS) is 1. The van der Waals surface area contributed by atoms with Gasteiger partial charge in [-0.05, 0) is 49.8 Å². The minimum Gasteiger partial charge on any atom is -0.481 e. The maximum Gasteiger partial charge on any atom is 0.303 e. The second-order valence-electron chi connectivity index (χ2n) is 7.84. The molecule has 0 radical (unpaired) electrons. The third-order valence-electron chi connectivity index (χ3n) is 5.44. The van der Waals surface area contributed by atoms with Crippen molar-refractivity contribution in [3.05, 3.63) is 29.8 Å². The van der Waals surface area contributed by atoms with E-state index < -0.39 is 12.1 Å². The average Bonchev–Trinajstić information content (AvgIpc) is 2.71. The minimum absolute atomic E-state index is 0.00366. The molecule has 1 fully saturated rings. The Labute approximate surface area is 173 Å². The molecule has 29 heavy (non-hydrogen) atoms. The molecule has 2 unspecified atom stereocenters. The van der Waals surface area contributed by atoms with E-state index in [1.807, 2.05) is 29.2 Å². The van der Waals surface area contributed by atoms with E-state index >= 15 is 0 Å². The Bertz CT molecular complexity index is 631. The van der Waals surface area contributed by atoms with Gasteiger partial charge in [-0.25, -0.2) is 0 Å². The number of carbonyl (C=O) groups excluding carboxylic acids is 1. The number of hydrogen-bond acceptors (Lipinski definition) is 4. The number of rotatable bonds is 13. The monoisotopic (exact) mass is 405 g/mol. The number of aliphatic carboxylic acids is 1. The summed E-state index contributed by atoms with van der Waals surface area (Å²) in [5, 5.41) is 19.0. The Balaban J connectivity index is 1.90. The summed E-state index contributed by atoms with van der Waals surface area (Å²) in [4.78, 5) is 24.9. The molecule has 2 N–H and O–H groups in total. The van der Waals surface area contributed by atoms with Crippen LogP contribution in [0.15, 0.2) is 24.3 Å². The number of hydrogen-bond donors (Lipinski definition) is 2. The van der Waals surface area contributed by atoms with Crippen molar-refractivity contribution in [3.63, 3.8) is 0 Å². The predicted molar refractivity (Wildman–Crippen MR) is 113 cm³/mol. The van der Waals surface area contributed by atoms with Gasteiger partial charge in [0.25, 0.3) is 0 Å². The number of ether oxygens (including phenoxy) is 1. The molecule has 2 atom stereocenters. The first-order valence-corrected chi connectivity index (χ1v) is 10.9. The smallest absolute Gasteiger partial charge is 0.303 e. The Kier molecular flexibility index (Phi) is 10.2. The first kappa shape index (κ1) is 23.4. The van der Waals surface area contributed by atoms with E-state index in [9.17, 15) is 14.7 Å². The average molecular weight is 406 g/mol. The second kappa shape index (κ2) is 12.6. The first-order chi connectivity index (χ1) is 14.0. The van der Waals surface area contributed by atoms with Crippen LogP contribution in [0.1, 0.15) is 82.8 Å². The Morgan fingerprint density at radius 3 is 2.66 bits per heavy atom. The third kappa shape index (κ3) is 7.78. The molecule has 1 amide bonds. The molecule has 6 heteroatoms. The zero-order valence-electron chi connectivity index (χ0n) is 17.5. The summed E-state index contributed by atoms with van der Waals surface area (Å²) in [6.45, 7) is 3.11. The van der Waals surface area contributed by atoms with Crippen molar-refractivity contribution in [3.8, 4) is 0 Å². The van der Waals surface area contributed by atoms with Crippen molar-refractivity contribution in [1.29, 1.82) is 0 Å². The molecule has 1 aromatic rings. The van der Waals surface area contributed by atoms with Gasteiger partial charge >= 0.3 is 5.97 Å². The van der Waals surface area contributed by atoms with Gasteiger partial charge in [0.2, 0.25) is 5.91 Å². The van der Waals surface area contributed by atoms with Gasteiger partial charge < -0.3 is 19.8 Å². The fourth-order valence-corrected chi connectivity index (χ4v) is 3.77. The van der Waals surface area contributed by atoms with Gasteiger partial charge in [0.15, 0.2) is 0 Å². The summed E-state index contributed by atoms with van der Waals surface area (Å²) in [6.07, 6.45) is 7.31. The first-order valence-electron chi connectivity index (χ1n) is 10.9. The van der Waals surface area contributed by atoms with Crippen LogP contribution in [0.5, 0.6) is 0 Å². The minimum atomic E-state index is -0.784. The predicted octanol–water partition coefficient (Wildman–Crippen LogP) is 4.46. The van der Waals surface area contributed by atoms with Crippen molar-refractivity contribution in [2.75, 3.05) is 18.1 Å². The molecule has 1 heterocycles. The lowest BCUT2D eigenvalue weighted by atomic mass is 9.99. The van der Waals surface area contributed by atoms with Gasteiger partial charge in [-0.1, -0.05) is 38.3 Å². The molecule has 1 aliphatic rings. The molecule has 162 valence electrons. The zero-order valence-corrected chi connectivity index (χ0v) is 17.5. The summed E-state index contributed by atoms with van der Waals surface area (Å²) >= 11 is 0. The van der Waals surface area contributed by atoms with Gasteiger partial charge in [-0.15, -0.1) is 0 Å². The highest BCUT2D eigenvalue weighted by atomic mass is 16.5. The number of carbonyl (C=O) groups is 2. The standard InChI is InChI=1S/C23H35NO5/c1-2-3-4-9-21(25)18-12-14-19(15-13-18)24-20(8-7-10-22(24)26)17-29-16-6-5-11-23(27)28/h12-15,20-21,25H,2-11,16-17H2,1H3,(H,27,28). The SMILES string of the molecule is CCCCCC(O)c1ccc(N2C(=O)CCCC2COCCCCC(=O)O)cc1. The van der Waals surface area contributed by atoms with Crippen LogP contribution in [0.4, 0.5) is 5.69 Å². The summed E-state index contributed by atoms with van der Waals surface area (Å²) in [6, 6.07) is 7.66. The van der Waals surface area contributed by atoms with E-state index in [-0.39, 0.29) is 18.4 Å². The largest absolute Gasteiger partial charge is 0.481 e. The highest BCUT2D eigenvalue weighted by molar-refractivity contribution is 5.94. The van der Waals surface area contributed by atoms with Crippen LogP contribution < -0.4 is 4.90 Å². The second-order valence-corrected chi connectivity index (χ2v) is 7.84. The quantitative estimate of drug-likeness (QED) is 0.473. The maximum absolute atomic E-state index is 12.6. The van der Waals surface area contributed by atoms with Gasteiger partial charge in [-0.3, -0.25) is 9.59 Å². The molecule has 0 aromatic heterocycles. The van der Waals surface area contributed by atoms with Gasteiger partial charge in [0.05, 0.1) is 18.8 Å². The van der Waals surface area contributed by atoms with Crippen LogP contribution in [-0.2, 0) is 14.3 Å². The van der Waals surface area contributed by atoms with E-state index in [0.717, 1.165) is 49.8 Å². The fourth-order valence-electron chi connectivity index (χ4n) is 3.77. The van der Waals surface area contributed by atoms with E-state index in [1.165, 1.54) is 0 Å². The van der Waals surface area contributed by atoms with Crippen molar-refractivity contribution >= 4 is 17.6 Å². The molecule has 2 rings (SSSR count). The van der Waals surface area contributed by atoms with E-state index in [0.29, 0.717) is 32.5 Å². The Morgan fingerprint density at radius 2 is 1.97 bits per heavy atom. The topological polar surface area (TPSA) is 87.1 Å². The number of benzene rings is 1. The molecular weight excluding hydrogens is 370 g/mol. The van der Waals surface area contributed by atoms with E-state index in [1.54, 1.807) is 0 Å². The maximum atomic E-state index is 12.6. The number of nitrogens with zero attached hydrogens (tertiary/aromatic N) is 1. The van der Waals surface area contributed by atoms with Crippen molar-refractivity contribution in [2.24, 2.45) is 0 Å². The normalized spacial score (nSPS) is 18.1. The summed E-state index contributed by atoms with van der Waals surface area (Å²) in [5.74, 6) is -0.681. The van der Waals surface area contributed by atoms with Crippen LogP contribution in [0, 0.1) is 0 Å². The highest BCUT2D eigenvalue weighted by Gasteiger charge is 2.29. The zero-order chi connectivity index (χ0) is 21.1. The van der Waals surface area contributed by atoms with Crippen molar-refractivity contribution in [2.45, 2.75) is 83.3 Å². The summed E-state index contributed by atoms with van der Waals surface area (Å²) in [5.41, 5.74) is 1.74. The lowest BCUT2D eigenvalue weighted by molar-refractivity contribution is -0.137. The Morgan fingerprint density at radius 1 is 1.21 bits per heavy atom. The number of amides is 1. The van der Waals surface area contributed by atoms with Crippen LogP contribution in [0.2, 0.25) is 0 Å². The highest BCUT2D eigenvalue weighted by Crippen LogP contribution is 2.28. The molecule has 6 nitrogen and oxygen atoms in total. The summed E-state index contributed by atoms with van der Waals surface area (Å²) in [7, 11) is 0. The lowest BCUT2D eigenvalue weighted by Crippen LogP contribution is -2.46. The van der Waals surface area contributed by atoms with Gasteiger partial charge in [-0.2, -0.15) is 0 Å². The van der Waals surface area contributed by atoms with E-state index in [4.69, 9.17) is 9.84 Å². The number of aliphatic hydroxyl groups is 1. The number of anilines is 1. The van der Waals surface area contributed by atoms with Crippen molar-refractivity contribution < 1.29 is 24.5 Å².